The second-order valence-electron chi connectivity index (χ2n) is 7.61. The molecule has 1 fully saturated rings. The fourth-order valence-electron chi connectivity index (χ4n) is 4.11. The van der Waals surface area contributed by atoms with E-state index in [1.165, 1.54) is 0 Å². The molecule has 0 N–H and O–H groups in total. The van der Waals surface area contributed by atoms with Gasteiger partial charge in [0, 0.05) is 13.0 Å². The van der Waals surface area contributed by atoms with Crippen molar-refractivity contribution in [3.63, 3.8) is 0 Å². The maximum atomic E-state index is 6.57. The summed E-state index contributed by atoms with van der Waals surface area (Å²) in [5.74, 6) is 0.491. The Balaban J connectivity index is 3.28. The Morgan fingerprint density at radius 1 is 0.941 bits per heavy atom. The normalized spacial score (nSPS) is 34.1. The molecule has 1 aliphatic heterocycles. The number of hydrogen-bond acceptors (Lipinski definition) is 2. The maximum Gasteiger partial charge on any atom is 0.210 e. The van der Waals surface area contributed by atoms with E-state index in [0.717, 1.165) is 0 Å². The van der Waals surface area contributed by atoms with Crippen LogP contribution in [0.3, 0.4) is 0 Å². The number of ether oxygens (including phenoxy) is 1. The minimum atomic E-state index is -1.91. The zero-order valence-electron chi connectivity index (χ0n) is 13.0. The Bertz CT molecular complexity index is 261. The van der Waals surface area contributed by atoms with Crippen LogP contribution in [-0.2, 0) is 9.16 Å². The summed E-state index contributed by atoms with van der Waals surface area (Å²) < 4.78 is 12.1. The lowest BCUT2D eigenvalue weighted by atomic mass is 10.1. The van der Waals surface area contributed by atoms with Crippen LogP contribution >= 0.6 is 0 Å². The van der Waals surface area contributed by atoms with E-state index in [2.05, 4.69) is 55.4 Å². The summed E-state index contributed by atoms with van der Waals surface area (Å²) in [5.41, 5.74) is 0.618. The summed E-state index contributed by atoms with van der Waals surface area (Å²) in [4.78, 5) is 0. The van der Waals surface area contributed by atoms with Gasteiger partial charge >= 0.3 is 0 Å². The van der Waals surface area contributed by atoms with Gasteiger partial charge in [0.2, 0.25) is 8.32 Å². The monoisotopic (exact) mass is 258 g/mol. The minimum absolute atomic E-state index is 0.0184. The van der Waals surface area contributed by atoms with Gasteiger partial charge in [0.25, 0.3) is 0 Å². The summed E-state index contributed by atoms with van der Waals surface area (Å²) >= 11 is 0. The molecule has 0 aliphatic carbocycles. The topological polar surface area (TPSA) is 18.5 Å². The van der Waals surface area contributed by atoms with Crippen LogP contribution in [0.5, 0.6) is 0 Å². The van der Waals surface area contributed by atoms with Crippen molar-refractivity contribution < 1.29 is 9.16 Å². The van der Waals surface area contributed by atoms with Gasteiger partial charge in [-0.15, -0.1) is 0 Å². The van der Waals surface area contributed by atoms with Crippen LogP contribution in [0.15, 0.2) is 0 Å². The van der Waals surface area contributed by atoms with Crippen molar-refractivity contribution in [3.8, 4) is 0 Å². The standard InChI is InChI=1S/C14H30O2Si/c1-10-11(2)17(13(3,4)5,14(6,7)8)16-12(10)15-9/h10-12H,1-9H3/t10-,11-,12+/m1/s1. The van der Waals surface area contributed by atoms with E-state index in [9.17, 15) is 0 Å². The lowest BCUT2D eigenvalue weighted by Gasteiger charge is -2.50. The summed E-state index contributed by atoms with van der Waals surface area (Å²) in [6, 6.07) is 0. The second-order valence-corrected chi connectivity index (χ2v) is 13.2. The molecule has 0 radical (unpaired) electrons. The van der Waals surface area contributed by atoms with Crippen molar-refractivity contribution in [2.24, 2.45) is 5.92 Å². The van der Waals surface area contributed by atoms with Crippen LogP contribution in [0, 0.1) is 5.92 Å². The molecule has 3 heteroatoms. The lowest BCUT2D eigenvalue weighted by molar-refractivity contribution is -0.0747. The van der Waals surface area contributed by atoms with Crippen LogP contribution in [0.1, 0.15) is 55.4 Å². The molecule has 0 aromatic heterocycles. The SMILES string of the molecule is CO[C@H]1O[Si](C(C)(C)C)(C(C)(C)C)[C@H](C)[C@H]1C. The molecule has 1 saturated heterocycles. The number of methoxy groups -OCH3 is 1. The van der Waals surface area contributed by atoms with Crippen LogP contribution < -0.4 is 0 Å². The van der Waals surface area contributed by atoms with Crippen molar-refractivity contribution in [1.82, 2.24) is 0 Å². The quantitative estimate of drug-likeness (QED) is 0.642. The van der Waals surface area contributed by atoms with Crippen LogP contribution in [0.25, 0.3) is 0 Å². The third kappa shape index (κ3) is 2.11. The molecule has 0 aromatic rings. The third-order valence-corrected chi connectivity index (χ3v) is 11.5. The first-order valence-corrected chi connectivity index (χ1v) is 8.68. The summed E-state index contributed by atoms with van der Waals surface area (Å²) in [5, 5.41) is 0.457. The molecule has 2 nitrogen and oxygen atoms in total. The first-order valence-electron chi connectivity index (χ1n) is 6.69. The van der Waals surface area contributed by atoms with E-state index in [-0.39, 0.29) is 16.4 Å². The van der Waals surface area contributed by atoms with Gasteiger partial charge in [-0.3, -0.25) is 0 Å². The zero-order chi connectivity index (χ0) is 13.6. The van der Waals surface area contributed by atoms with Crippen LogP contribution in [0.4, 0.5) is 0 Å². The molecule has 0 amide bonds. The summed E-state index contributed by atoms with van der Waals surface area (Å²) in [7, 11) is -0.143. The molecular weight excluding hydrogens is 228 g/mol. The van der Waals surface area contributed by atoms with Crippen LogP contribution in [0.2, 0.25) is 15.6 Å². The highest BCUT2D eigenvalue weighted by Crippen LogP contribution is 2.63. The van der Waals surface area contributed by atoms with E-state index in [0.29, 0.717) is 11.5 Å². The number of hydrogen-bond donors (Lipinski definition) is 0. The summed E-state index contributed by atoms with van der Waals surface area (Å²) in [6.45, 7) is 18.7. The van der Waals surface area contributed by atoms with E-state index in [1.54, 1.807) is 7.11 Å². The molecule has 1 heterocycles. The molecule has 102 valence electrons. The van der Waals surface area contributed by atoms with Crippen molar-refractivity contribution in [1.29, 1.82) is 0 Å². The molecule has 0 unspecified atom stereocenters. The molecule has 1 aliphatic rings. The van der Waals surface area contributed by atoms with Gasteiger partial charge in [-0.2, -0.15) is 0 Å². The minimum Gasteiger partial charge on any atom is -0.391 e. The maximum absolute atomic E-state index is 6.57. The van der Waals surface area contributed by atoms with E-state index in [4.69, 9.17) is 9.16 Å². The Labute approximate surface area is 108 Å². The number of rotatable bonds is 1. The molecule has 0 aromatic carbocycles. The smallest absolute Gasteiger partial charge is 0.210 e. The fraction of sp³-hybridized carbons (Fsp3) is 1.00. The highest BCUT2D eigenvalue weighted by atomic mass is 28.4. The predicted octanol–water partition coefficient (Wildman–Crippen LogP) is 4.56. The van der Waals surface area contributed by atoms with Gasteiger partial charge in [0.15, 0.2) is 0 Å². The molecule has 0 bridgehead atoms. The predicted molar refractivity (Wildman–Crippen MR) is 75.7 cm³/mol. The third-order valence-electron chi connectivity index (χ3n) is 4.62. The van der Waals surface area contributed by atoms with Gasteiger partial charge in [-0.05, 0) is 15.6 Å². The van der Waals surface area contributed by atoms with Gasteiger partial charge in [-0.25, -0.2) is 0 Å². The van der Waals surface area contributed by atoms with Gasteiger partial charge in [-0.1, -0.05) is 55.4 Å². The van der Waals surface area contributed by atoms with Gasteiger partial charge in [0.05, 0.1) is 0 Å². The Hall–Kier alpha value is 0.137. The molecule has 17 heavy (non-hydrogen) atoms. The molecule has 1 rings (SSSR count). The van der Waals surface area contributed by atoms with E-state index >= 15 is 0 Å². The van der Waals surface area contributed by atoms with E-state index in [1.807, 2.05) is 0 Å². The Kier molecular flexibility index (Phi) is 3.89. The highest BCUT2D eigenvalue weighted by Gasteiger charge is 2.65. The van der Waals surface area contributed by atoms with Gasteiger partial charge < -0.3 is 9.16 Å². The summed E-state index contributed by atoms with van der Waals surface area (Å²) in [6.07, 6.45) is -0.0184. The first kappa shape index (κ1) is 15.2. The largest absolute Gasteiger partial charge is 0.391 e. The molecule has 0 saturated carbocycles. The Morgan fingerprint density at radius 2 is 1.35 bits per heavy atom. The average Bonchev–Trinajstić information content (AvgIpc) is 2.39. The molecule has 3 atom stereocenters. The fourth-order valence-corrected chi connectivity index (χ4v) is 11.6. The lowest BCUT2D eigenvalue weighted by Crippen LogP contribution is -2.55. The van der Waals surface area contributed by atoms with Crippen molar-refractivity contribution in [2.75, 3.05) is 7.11 Å². The Morgan fingerprint density at radius 3 is 1.53 bits per heavy atom. The van der Waals surface area contributed by atoms with Gasteiger partial charge in [0.1, 0.15) is 6.29 Å². The van der Waals surface area contributed by atoms with Crippen LogP contribution in [-0.4, -0.2) is 21.7 Å². The molecule has 0 spiro atoms. The molecular formula is C14H30O2Si. The second kappa shape index (κ2) is 4.36. The van der Waals surface area contributed by atoms with Crippen molar-refractivity contribution in [3.05, 3.63) is 0 Å². The van der Waals surface area contributed by atoms with Crippen molar-refractivity contribution >= 4 is 8.32 Å². The first-order chi connectivity index (χ1) is 7.49. The van der Waals surface area contributed by atoms with E-state index < -0.39 is 8.32 Å². The highest BCUT2D eigenvalue weighted by molar-refractivity contribution is 6.81. The average molecular weight is 258 g/mol. The van der Waals surface area contributed by atoms with Crippen molar-refractivity contribution in [2.45, 2.75) is 77.3 Å². The zero-order valence-corrected chi connectivity index (χ0v) is 14.0.